The van der Waals surface area contributed by atoms with Crippen LogP contribution in [0.5, 0.6) is 0 Å². The first-order valence-corrected chi connectivity index (χ1v) is 9.36. The minimum absolute atomic E-state index is 0.0502. The Kier molecular flexibility index (Phi) is 7.93. The lowest BCUT2D eigenvalue weighted by Gasteiger charge is -2.10. The fourth-order valence-corrected chi connectivity index (χ4v) is 3.20. The van der Waals surface area contributed by atoms with Gasteiger partial charge in [-0.25, -0.2) is 13.1 Å². The summed E-state index contributed by atoms with van der Waals surface area (Å²) < 4.78 is 26.7. The summed E-state index contributed by atoms with van der Waals surface area (Å²) in [5, 5.41) is 3.34. The lowest BCUT2D eigenvalue weighted by atomic mass is 10.1. The van der Waals surface area contributed by atoms with Crippen molar-refractivity contribution < 1.29 is 8.42 Å². The van der Waals surface area contributed by atoms with Gasteiger partial charge in [-0.3, -0.25) is 0 Å². The topological polar surface area (TPSA) is 58.2 Å². The summed E-state index contributed by atoms with van der Waals surface area (Å²) in [4.78, 5) is 0. The fraction of sp³-hybridized carbons (Fsp3) is 0.625. The van der Waals surface area contributed by atoms with E-state index in [1.54, 1.807) is 0 Å². The highest BCUT2D eigenvalue weighted by atomic mass is 32.2. The minimum atomic E-state index is -3.23. The van der Waals surface area contributed by atoms with Crippen molar-refractivity contribution in [3.8, 4) is 0 Å². The van der Waals surface area contributed by atoms with Gasteiger partial charge in [-0.05, 0) is 17.5 Å². The maximum Gasteiger partial charge on any atom is 0.215 e. The largest absolute Gasteiger partial charge is 0.310 e. The lowest BCUT2D eigenvalue weighted by Crippen LogP contribution is -2.26. The number of hydrogen-bond acceptors (Lipinski definition) is 3. The Bertz CT molecular complexity index is 513. The molecule has 1 aromatic carbocycles. The molecule has 4 nitrogen and oxygen atoms in total. The van der Waals surface area contributed by atoms with E-state index < -0.39 is 10.0 Å². The van der Waals surface area contributed by atoms with Gasteiger partial charge in [0.25, 0.3) is 0 Å². The van der Waals surface area contributed by atoms with Gasteiger partial charge in [-0.15, -0.1) is 0 Å². The van der Waals surface area contributed by atoms with Gasteiger partial charge in [0, 0.05) is 19.1 Å². The SMILES string of the molecule is CCCCCNS(=O)(=O)Cc1cccc(CNC(C)C)c1. The van der Waals surface area contributed by atoms with E-state index in [9.17, 15) is 8.42 Å². The van der Waals surface area contributed by atoms with Crippen LogP contribution in [0.1, 0.15) is 51.2 Å². The molecule has 120 valence electrons. The Balaban J connectivity index is 2.54. The van der Waals surface area contributed by atoms with Crippen LogP contribution in [0, 0.1) is 0 Å². The molecule has 0 aliphatic rings. The van der Waals surface area contributed by atoms with E-state index in [0.717, 1.165) is 36.9 Å². The molecule has 2 N–H and O–H groups in total. The van der Waals surface area contributed by atoms with Crippen LogP contribution in [0.4, 0.5) is 0 Å². The summed E-state index contributed by atoms with van der Waals surface area (Å²) in [5.41, 5.74) is 1.95. The lowest BCUT2D eigenvalue weighted by molar-refractivity contribution is 0.574. The smallest absolute Gasteiger partial charge is 0.215 e. The van der Waals surface area contributed by atoms with Crippen molar-refractivity contribution in [3.05, 3.63) is 35.4 Å². The summed E-state index contributed by atoms with van der Waals surface area (Å²) in [6.45, 7) is 7.58. The Morgan fingerprint density at radius 1 is 1.14 bits per heavy atom. The van der Waals surface area contributed by atoms with E-state index in [2.05, 4.69) is 30.8 Å². The first-order chi connectivity index (χ1) is 9.93. The molecule has 0 bridgehead atoms. The van der Waals surface area contributed by atoms with Gasteiger partial charge in [0.1, 0.15) is 0 Å². The van der Waals surface area contributed by atoms with Crippen molar-refractivity contribution >= 4 is 10.0 Å². The molecule has 0 heterocycles. The Labute approximate surface area is 129 Å². The van der Waals surface area contributed by atoms with Crippen LogP contribution >= 0.6 is 0 Å². The van der Waals surface area contributed by atoms with E-state index in [1.165, 1.54) is 0 Å². The molecule has 0 saturated carbocycles. The average molecular weight is 312 g/mol. The number of hydrogen-bond donors (Lipinski definition) is 2. The highest BCUT2D eigenvalue weighted by Gasteiger charge is 2.11. The molecule has 21 heavy (non-hydrogen) atoms. The van der Waals surface area contributed by atoms with Crippen LogP contribution in [0.15, 0.2) is 24.3 Å². The molecule has 0 atom stereocenters. The number of benzene rings is 1. The third kappa shape index (κ3) is 8.19. The zero-order valence-electron chi connectivity index (χ0n) is 13.4. The quantitative estimate of drug-likeness (QED) is 0.653. The predicted molar refractivity (Wildman–Crippen MR) is 88.6 cm³/mol. The first-order valence-electron chi connectivity index (χ1n) is 7.71. The fourth-order valence-electron chi connectivity index (χ4n) is 2.02. The Morgan fingerprint density at radius 2 is 1.86 bits per heavy atom. The minimum Gasteiger partial charge on any atom is -0.310 e. The summed E-state index contributed by atoms with van der Waals surface area (Å²) >= 11 is 0. The van der Waals surface area contributed by atoms with Crippen LogP contribution in [-0.4, -0.2) is 21.0 Å². The molecular formula is C16H28N2O2S. The second-order valence-corrected chi connectivity index (χ2v) is 7.52. The van der Waals surface area contributed by atoms with E-state index in [1.807, 2.05) is 24.3 Å². The van der Waals surface area contributed by atoms with Gasteiger partial charge in [0.15, 0.2) is 0 Å². The van der Waals surface area contributed by atoms with Gasteiger partial charge >= 0.3 is 0 Å². The maximum absolute atomic E-state index is 12.0. The van der Waals surface area contributed by atoms with Crippen LogP contribution in [0.2, 0.25) is 0 Å². The molecule has 0 fully saturated rings. The molecular weight excluding hydrogens is 284 g/mol. The Hall–Kier alpha value is -0.910. The number of nitrogens with one attached hydrogen (secondary N) is 2. The maximum atomic E-state index is 12.0. The molecule has 0 amide bonds. The summed E-state index contributed by atoms with van der Waals surface area (Å²) in [6.07, 6.45) is 3.04. The average Bonchev–Trinajstić information content (AvgIpc) is 2.41. The second kappa shape index (κ2) is 9.18. The summed E-state index contributed by atoms with van der Waals surface area (Å²) in [6, 6.07) is 8.17. The number of unbranched alkanes of at least 4 members (excludes halogenated alkanes) is 2. The summed E-state index contributed by atoms with van der Waals surface area (Å²) in [5.74, 6) is 0.0502. The number of rotatable bonds is 10. The van der Waals surface area contributed by atoms with Gasteiger partial charge in [-0.2, -0.15) is 0 Å². The monoisotopic (exact) mass is 312 g/mol. The van der Waals surface area contributed by atoms with E-state index in [4.69, 9.17) is 0 Å². The van der Waals surface area contributed by atoms with Gasteiger partial charge < -0.3 is 5.32 Å². The molecule has 5 heteroatoms. The van der Waals surface area contributed by atoms with Crippen LogP contribution in [0.25, 0.3) is 0 Å². The van der Waals surface area contributed by atoms with Gasteiger partial charge in [0.05, 0.1) is 5.75 Å². The molecule has 0 aromatic heterocycles. The predicted octanol–water partition coefficient (Wildman–Crippen LogP) is 2.79. The van der Waals surface area contributed by atoms with Gasteiger partial charge in [0.2, 0.25) is 10.0 Å². The third-order valence-corrected chi connectivity index (χ3v) is 4.52. The molecule has 0 aliphatic heterocycles. The van der Waals surface area contributed by atoms with Gasteiger partial charge in [-0.1, -0.05) is 57.9 Å². The van der Waals surface area contributed by atoms with Crippen molar-refractivity contribution in [2.45, 2.75) is 58.4 Å². The third-order valence-electron chi connectivity index (χ3n) is 3.16. The van der Waals surface area contributed by atoms with E-state index in [0.29, 0.717) is 12.6 Å². The van der Waals surface area contributed by atoms with Crippen LogP contribution in [-0.2, 0) is 22.3 Å². The Morgan fingerprint density at radius 3 is 2.52 bits per heavy atom. The second-order valence-electron chi connectivity index (χ2n) is 5.72. The molecule has 1 aromatic rings. The highest BCUT2D eigenvalue weighted by molar-refractivity contribution is 7.88. The molecule has 0 unspecified atom stereocenters. The highest BCUT2D eigenvalue weighted by Crippen LogP contribution is 2.09. The number of sulfonamides is 1. The molecule has 0 radical (unpaired) electrons. The van der Waals surface area contributed by atoms with Crippen LogP contribution in [0.3, 0.4) is 0 Å². The van der Waals surface area contributed by atoms with Crippen molar-refractivity contribution in [2.75, 3.05) is 6.54 Å². The molecule has 1 rings (SSSR count). The molecule has 0 spiro atoms. The van der Waals surface area contributed by atoms with Crippen molar-refractivity contribution in [1.82, 2.24) is 10.0 Å². The molecule has 0 saturated heterocycles. The summed E-state index contributed by atoms with van der Waals surface area (Å²) in [7, 11) is -3.23. The van der Waals surface area contributed by atoms with Crippen molar-refractivity contribution in [2.24, 2.45) is 0 Å². The zero-order valence-corrected chi connectivity index (χ0v) is 14.2. The zero-order chi connectivity index (χ0) is 15.7. The first kappa shape index (κ1) is 18.1. The van der Waals surface area contributed by atoms with Crippen LogP contribution < -0.4 is 10.0 Å². The molecule has 0 aliphatic carbocycles. The normalized spacial score (nSPS) is 12.0. The van der Waals surface area contributed by atoms with E-state index >= 15 is 0 Å². The van der Waals surface area contributed by atoms with E-state index in [-0.39, 0.29) is 5.75 Å². The van der Waals surface area contributed by atoms with Crippen molar-refractivity contribution in [3.63, 3.8) is 0 Å². The van der Waals surface area contributed by atoms with Crippen molar-refractivity contribution in [1.29, 1.82) is 0 Å². The standard InChI is InChI=1S/C16H28N2O2S/c1-4-5-6-10-18-21(19,20)13-16-9-7-8-15(11-16)12-17-14(2)3/h7-9,11,14,17-18H,4-6,10,12-13H2,1-3H3.